The van der Waals surface area contributed by atoms with Gasteiger partial charge in [-0.2, -0.15) is 5.26 Å². The fourth-order valence-corrected chi connectivity index (χ4v) is 1.53. The normalized spacial score (nSPS) is 10.6. The van der Waals surface area contributed by atoms with Crippen LogP contribution in [0.1, 0.15) is 27.2 Å². The lowest BCUT2D eigenvalue weighted by atomic mass is 10.2. The van der Waals surface area contributed by atoms with E-state index in [4.69, 9.17) is 10.00 Å². The Bertz CT molecular complexity index is 446. The van der Waals surface area contributed by atoms with Crippen LogP contribution >= 0.6 is 0 Å². The maximum absolute atomic E-state index is 11.8. The number of carbonyl (C=O) groups excluding carboxylic acids is 1. The van der Waals surface area contributed by atoms with Crippen molar-refractivity contribution < 1.29 is 9.53 Å². The highest BCUT2D eigenvalue weighted by molar-refractivity contribution is 5.75. The van der Waals surface area contributed by atoms with E-state index in [1.165, 1.54) is 0 Å². The number of anilines is 1. The van der Waals surface area contributed by atoms with Crippen LogP contribution in [-0.2, 0) is 9.53 Å². The van der Waals surface area contributed by atoms with Crippen LogP contribution < -0.4 is 4.90 Å². The maximum Gasteiger partial charge on any atom is 0.326 e. The summed E-state index contributed by atoms with van der Waals surface area (Å²) in [6.45, 7) is 6.02. The van der Waals surface area contributed by atoms with Crippen LogP contribution in [0.2, 0.25) is 0 Å². The summed E-state index contributed by atoms with van der Waals surface area (Å²) < 4.78 is 5.28. The molecular formula is C14H19N3O2. The second-order valence-corrected chi connectivity index (χ2v) is 5.10. The zero-order chi connectivity index (χ0) is 14.3. The molecule has 1 aromatic rings. The summed E-state index contributed by atoms with van der Waals surface area (Å²) in [7, 11) is 0. The van der Waals surface area contributed by atoms with Crippen molar-refractivity contribution in [2.24, 2.45) is 0 Å². The van der Waals surface area contributed by atoms with Crippen molar-refractivity contribution in [3.8, 4) is 6.07 Å². The number of esters is 1. The number of pyridine rings is 1. The van der Waals surface area contributed by atoms with E-state index < -0.39 is 5.60 Å². The Hall–Kier alpha value is -2.09. The molecule has 0 unspecified atom stereocenters. The van der Waals surface area contributed by atoms with Crippen molar-refractivity contribution >= 4 is 11.8 Å². The molecule has 0 aliphatic heterocycles. The van der Waals surface area contributed by atoms with Gasteiger partial charge in [-0.15, -0.1) is 0 Å². The van der Waals surface area contributed by atoms with Gasteiger partial charge in [-0.1, -0.05) is 6.07 Å². The fraction of sp³-hybridized carbons (Fsp3) is 0.500. The molecule has 1 aromatic heterocycles. The largest absolute Gasteiger partial charge is 0.459 e. The number of nitrogens with zero attached hydrogens (tertiary/aromatic N) is 3. The number of hydrogen-bond donors (Lipinski definition) is 0. The van der Waals surface area contributed by atoms with Crippen molar-refractivity contribution in [3.05, 3.63) is 24.4 Å². The molecule has 0 N–H and O–H groups in total. The second-order valence-electron chi connectivity index (χ2n) is 5.10. The van der Waals surface area contributed by atoms with Crippen molar-refractivity contribution in [3.63, 3.8) is 0 Å². The third-order valence-electron chi connectivity index (χ3n) is 2.21. The second kappa shape index (κ2) is 6.74. The first kappa shape index (κ1) is 15.0. The topological polar surface area (TPSA) is 66.2 Å². The van der Waals surface area contributed by atoms with E-state index in [2.05, 4.69) is 11.1 Å². The minimum atomic E-state index is -0.512. The van der Waals surface area contributed by atoms with Gasteiger partial charge in [-0.05, 0) is 32.9 Å². The van der Waals surface area contributed by atoms with Gasteiger partial charge >= 0.3 is 5.97 Å². The summed E-state index contributed by atoms with van der Waals surface area (Å²) in [4.78, 5) is 17.8. The van der Waals surface area contributed by atoms with E-state index in [1.54, 1.807) is 17.2 Å². The van der Waals surface area contributed by atoms with Gasteiger partial charge in [0.05, 0.1) is 12.5 Å². The Morgan fingerprint density at radius 2 is 2.21 bits per heavy atom. The molecule has 0 atom stereocenters. The molecule has 0 aromatic carbocycles. The van der Waals surface area contributed by atoms with E-state index in [9.17, 15) is 4.79 Å². The molecule has 0 amide bonds. The fourth-order valence-electron chi connectivity index (χ4n) is 1.53. The number of rotatable bonds is 5. The molecule has 5 heteroatoms. The average molecular weight is 261 g/mol. The lowest BCUT2D eigenvalue weighted by Gasteiger charge is -2.25. The molecule has 19 heavy (non-hydrogen) atoms. The average Bonchev–Trinajstić information content (AvgIpc) is 2.33. The highest BCUT2D eigenvalue weighted by Crippen LogP contribution is 2.12. The molecule has 0 spiro atoms. The van der Waals surface area contributed by atoms with Gasteiger partial charge in [-0.25, -0.2) is 4.98 Å². The summed E-state index contributed by atoms with van der Waals surface area (Å²) in [6, 6.07) is 7.52. The number of nitriles is 1. The van der Waals surface area contributed by atoms with Gasteiger partial charge < -0.3 is 9.64 Å². The third-order valence-corrected chi connectivity index (χ3v) is 2.21. The van der Waals surface area contributed by atoms with E-state index in [-0.39, 0.29) is 12.5 Å². The Morgan fingerprint density at radius 3 is 2.74 bits per heavy atom. The number of carbonyl (C=O) groups is 1. The molecule has 0 radical (unpaired) electrons. The molecule has 5 nitrogen and oxygen atoms in total. The smallest absolute Gasteiger partial charge is 0.326 e. The van der Waals surface area contributed by atoms with E-state index in [0.717, 1.165) is 0 Å². The van der Waals surface area contributed by atoms with Crippen LogP contribution in [0, 0.1) is 11.3 Å². The summed E-state index contributed by atoms with van der Waals surface area (Å²) in [5.41, 5.74) is -0.512. The van der Waals surface area contributed by atoms with Gasteiger partial charge in [0.15, 0.2) is 0 Å². The first-order valence-electron chi connectivity index (χ1n) is 6.17. The molecule has 1 heterocycles. The molecular weight excluding hydrogens is 242 g/mol. The minimum absolute atomic E-state index is 0.0932. The van der Waals surface area contributed by atoms with Gasteiger partial charge in [0, 0.05) is 12.7 Å². The SMILES string of the molecule is CC(C)(C)OC(=O)CN(CCC#N)c1ccccn1. The standard InChI is InChI=1S/C14H19N3O2/c1-14(2,3)19-13(18)11-17(10-6-8-15)12-7-4-5-9-16-12/h4-5,7,9H,6,10-11H2,1-3H3. The molecule has 0 aliphatic rings. The zero-order valence-corrected chi connectivity index (χ0v) is 11.6. The van der Waals surface area contributed by atoms with Crippen molar-refractivity contribution in [1.82, 2.24) is 4.98 Å². The number of aromatic nitrogens is 1. The van der Waals surface area contributed by atoms with Crippen LogP contribution in [0.3, 0.4) is 0 Å². The highest BCUT2D eigenvalue weighted by atomic mass is 16.6. The Labute approximate surface area is 113 Å². The van der Waals surface area contributed by atoms with Crippen LogP contribution in [0.25, 0.3) is 0 Å². The molecule has 0 aliphatic carbocycles. The molecule has 0 fully saturated rings. The van der Waals surface area contributed by atoms with Crippen molar-refractivity contribution in [1.29, 1.82) is 5.26 Å². The summed E-state index contributed by atoms with van der Waals surface area (Å²) in [6.07, 6.45) is 1.99. The van der Waals surface area contributed by atoms with E-state index in [0.29, 0.717) is 18.8 Å². The van der Waals surface area contributed by atoms with Gasteiger partial charge in [-0.3, -0.25) is 4.79 Å². The highest BCUT2D eigenvalue weighted by Gasteiger charge is 2.19. The lowest BCUT2D eigenvalue weighted by molar-refractivity contribution is -0.153. The first-order valence-corrected chi connectivity index (χ1v) is 6.17. The summed E-state index contributed by atoms with van der Waals surface area (Å²) in [5, 5.41) is 8.67. The zero-order valence-electron chi connectivity index (χ0n) is 11.6. The van der Waals surface area contributed by atoms with Crippen LogP contribution in [-0.4, -0.2) is 29.6 Å². The third kappa shape index (κ3) is 5.87. The predicted molar refractivity (Wildman–Crippen MR) is 72.5 cm³/mol. The molecule has 0 bridgehead atoms. The van der Waals surface area contributed by atoms with Gasteiger partial charge in [0.25, 0.3) is 0 Å². The minimum Gasteiger partial charge on any atom is -0.459 e. The Morgan fingerprint density at radius 1 is 1.47 bits per heavy atom. The molecule has 0 saturated heterocycles. The predicted octanol–water partition coefficient (Wildman–Crippen LogP) is 2.14. The lowest BCUT2D eigenvalue weighted by Crippen LogP contribution is -2.35. The molecule has 0 saturated carbocycles. The quantitative estimate of drug-likeness (QED) is 0.760. The van der Waals surface area contributed by atoms with Crippen LogP contribution in [0.4, 0.5) is 5.82 Å². The van der Waals surface area contributed by atoms with Crippen LogP contribution in [0.5, 0.6) is 0 Å². The number of ether oxygens (including phenoxy) is 1. The van der Waals surface area contributed by atoms with Gasteiger partial charge in [0.1, 0.15) is 18.0 Å². The van der Waals surface area contributed by atoms with E-state index >= 15 is 0 Å². The van der Waals surface area contributed by atoms with E-state index in [1.807, 2.05) is 32.9 Å². The molecule has 102 valence electrons. The number of hydrogen-bond acceptors (Lipinski definition) is 5. The Kier molecular flexibility index (Phi) is 5.31. The van der Waals surface area contributed by atoms with Crippen molar-refractivity contribution in [2.75, 3.05) is 18.0 Å². The first-order chi connectivity index (χ1) is 8.92. The summed E-state index contributed by atoms with van der Waals surface area (Å²) >= 11 is 0. The summed E-state index contributed by atoms with van der Waals surface area (Å²) in [5.74, 6) is 0.347. The Balaban J connectivity index is 2.71. The monoisotopic (exact) mass is 261 g/mol. The van der Waals surface area contributed by atoms with Crippen molar-refractivity contribution in [2.45, 2.75) is 32.8 Å². The van der Waals surface area contributed by atoms with Gasteiger partial charge in [0.2, 0.25) is 0 Å². The maximum atomic E-state index is 11.8. The molecule has 1 rings (SSSR count). The van der Waals surface area contributed by atoms with Crippen LogP contribution in [0.15, 0.2) is 24.4 Å².